The van der Waals surface area contributed by atoms with E-state index in [2.05, 4.69) is 5.32 Å². The number of carbonyl (C=O) groups is 1. The Labute approximate surface area is 127 Å². The van der Waals surface area contributed by atoms with Crippen LogP contribution in [0.5, 0.6) is 5.75 Å². The zero-order chi connectivity index (χ0) is 15.9. The summed E-state index contributed by atoms with van der Waals surface area (Å²) >= 11 is 0. The van der Waals surface area contributed by atoms with Gasteiger partial charge < -0.3 is 15.2 Å². The molecule has 1 heterocycles. The van der Waals surface area contributed by atoms with E-state index in [1.165, 1.54) is 0 Å². The summed E-state index contributed by atoms with van der Waals surface area (Å²) < 4.78 is 5.12. The van der Waals surface area contributed by atoms with Crippen molar-refractivity contribution < 1.29 is 14.6 Å². The summed E-state index contributed by atoms with van der Waals surface area (Å²) in [7, 11) is 1.64. The van der Waals surface area contributed by atoms with Gasteiger partial charge in [-0.1, -0.05) is 32.9 Å². The predicted octanol–water partition coefficient (Wildman–Crippen LogP) is 2.54. The minimum atomic E-state index is -0.422. The monoisotopic (exact) mass is 293 g/mol. The van der Waals surface area contributed by atoms with Gasteiger partial charge in [0.15, 0.2) is 0 Å². The predicted molar refractivity (Wildman–Crippen MR) is 84.4 cm³/mol. The Kier molecular flexibility index (Phi) is 6.69. The minimum Gasteiger partial charge on any atom is -0.497 e. The molecular weight excluding hydrogens is 266 g/mol. The number of benzene rings is 1. The van der Waals surface area contributed by atoms with Crippen LogP contribution in [0.25, 0.3) is 0 Å². The van der Waals surface area contributed by atoms with Crippen LogP contribution in [0.3, 0.4) is 0 Å². The topological polar surface area (TPSA) is 58.6 Å². The maximum Gasteiger partial charge on any atom is 0.224 e. The van der Waals surface area contributed by atoms with Crippen molar-refractivity contribution in [3.8, 4) is 5.75 Å². The van der Waals surface area contributed by atoms with Crippen molar-refractivity contribution in [2.24, 2.45) is 5.92 Å². The second kappa shape index (κ2) is 8.03. The van der Waals surface area contributed by atoms with Crippen LogP contribution in [-0.4, -0.2) is 30.3 Å². The highest BCUT2D eigenvalue weighted by molar-refractivity contribution is 5.82. The molecule has 0 saturated carbocycles. The van der Waals surface area contributed by atoms with Crippen LogP contribution in [-0.2, 0) is 11.2 Å². The smallest absolute Gasteiger partial charge is 0.224 e. The molecule has 0 aliphatic carbocycles. The van der Waals surface area contributed by atoms with Gasteiger partial charge in [-0.3, -0.25) is 4.79 Å². The molecule has 0 radical (unpaired) electrons. The number of hydrogen-bond acceptors (Lipinski definition) is 3. The van der Waals surface area contributed by atoms with Gasteiger partial charge in [0.2, 0.25) is 5.91 Å². The zero-order valence-corrected chi connectivity index (χ0v) is 13.5. The first kappa shape index (κ1) is 17.5. The summed E-state index contributed by atoms with van der Waals surface area (Å²) in [4.78, 5) is 12.0. The number of aliphatic hydroxyl groups is 1. The van der Waals surface area contributed by atoms with Crippen LogP contribution in [0.15, 0.2) is 24.3 Å². The van der Waals surface area contributed by atoms with E-state index < -0.39 is 5.54 Å². The standard InChI is InChI=1S/C15H21NO3.C2H6/c1-3-15(10-17)9-12(14(18)16-15)8-11-4-6-13(19-2)7-5-11;1-2/h4-7,12,17H,3,8-10H2,1-2H3,(H,16,18);1-2H3. The first-order chi connectivity index (χ1) is 10.1. The molecule has 118 valence electrons. The van der Waals surface area contributed by atoms with Crippen LogP contribution in [0.2, 0.25) is 0 Å². The molecule has 1 fully saturated rings. The lowest BCUT2D eigenvalue weighted by atomic mass is 9.88. The second-order valence-electron chi connectivity index (χ2n) is 5.23. The van der Waals surface area contributed by atoms with Gasteiger partial charge in [-0.15, -0.1) is 0 Å². The van der Waals surface area contributed by atoms with Crippen molar-refractivity contribution in [3.63, 3.8) is 0 Å². The normalized spacial score (nSPS) is 24.0. The maximum absolute atomic E-state index is 12.0. The van der Waals surface area contributed by atoms with Gasteiger partial charge in [-0.2, -0.15) is 0 Å². The van der Waals surface area contributed by atoms with E-state index in [-0.39, 0.29) is 18.4 Å². The SMILES string of the molecule is CC.CCC1(CO)CC(Cc2ccc(OC)cc2)C(=O)N1. The highest BCUT2D eigenvalue weighted by Gasteiger charge is 2.42. The molecule has 2 N–H and O–H groups in total. The highest BCUT2D eigenvalue weighted by atomic mass is 16.5. The van der Waals surface area contributed by atoms with E-state index >= 15 is 0 Å². The third-order valence-corrected chi connectivity index (χ3v) is 4.02. The molecule has 0 spiro atoms. The lowest BCUT2D eigenvalue weighted by molar-refractivity contribution is -0.123. The number of amides is 1. The largest absolute Gasteiger partial charge is 0.497 e. The third kappa shape index (κ3) is 4.21. The average Bonchev–Trinajstić information content (AvgIpc) is 2.87. The first-order valence-electron chi connectivity index (χ1n) is 7.68. The highest BCUT2D eigenvalue weighted by Crippen LogP contribution is 2.30. The van der Waals surface area contributed by atoms with E-state index in [9.17, 15) is 9.90 Å². The van der Waals surface area contributed by atoms with Crippen LogP contribution >= 0.6 is 0 Å². The molecule has 4 nitrogen and oxygen atoms in total. The molecular formula is C17H27NO3. The molecule has 0 bridgehead atoms. The minimum absolute atomic E-state index is 0.00829. The molecule has 1 aliphatic heterocycles. The molecule has 2 rings (SSSR count). The fraction of sp³-hybridized carbons (Fsp3) is 0.588. The Balaban J connectivity index is 0.00000106. The fourth-order valence-electron chi connectivity index (χ4n) is 2.64. The summed E-state index contributed by atoms with van der Waals surface area (Å²) in [5.74, 6) is 0.810. The summed E-state index contributed by atoms with van der Waals surface area (Å²) in [5.41, 5.74) is 0.694. The Morgan fingerprint density at radius 1 is 1.33 bits per heavy atom. The molecule has 2 atom stereocenters. The summed E-state index contributed by atoms with van der Waals surface area (Å²) in [6.45, 7) is 6.00. The Bertz CT molecular complexity index is 438. The van der Waals surface area contributed by atoms with Gasteiger partial charge in [-0.05, 0) is 37.0 Å². The van der Waals surface area contributed by atoms with E-state index in [4.69, 9.17) is 4.74 Å². The number of rotatable bonds is 5. The molecule has 1 saturated heterocycles. The van der Waals surface area contributed by atoms with Crippen molar-refractivity contribution in [1.29, 1.82) is 0 Å². The quantitative estimate of drug-likeness (QED) is 0.877. The van der Waals surface area contributed by atoms with Crippen LogP contribution in [0, 0.1) is 5.92 Å². The third-order valence-electron chi connectivity index (χ3n) is 4.02. The van der Waals surface area contributed by atoms with Crippen molar-refractivity contribution >= 4 is 5.91 Å². The molecule has 1 amide bonds. The summed E-state index contributed by atoms with van der Waals surface area (Å²) in [6.07, 6.45) is 2.16. The van der Waals surface area contributed by atoms with Gasteiger partial charge in [0, 0.05) is 5.92 Å². The lowest BCUT2D eigenvalue weighted by Crippen LogP contribution is -2.44. The zero-order valence-electron chi connectivity index (χ0n) is 13.5. The Morgan fingerprint density at radius 2 is 1.95 bits per heavy atom. The van der Waals surface area contributed by atoms with E-state index in [0.717, 1.165) is 17.7 Å². The lowest BCUT2D eigenvalue weighted by Gasteiger charge is -2.24. The molecule has 1 aromatic carbocycles. The Morgan fingerprint density at radius 3 is 2.38 bits per heavy atom. The first-order valence-corrected chi connectivity index (χ1v) is 7.68. The summed E-state index contributed by atoms with van der Waals surface area (Å²) in [6, 6.07) is 7.77. The molecule has 21 heavy (non-hydrogen) atoms. The van der Waals surface area contributed by atoms with Crippen molar-refractivity contribution in [2.45, 2.75) is 45.6 Å². The molecule has 1 aliphatic rings. The van der Waals surface area contributed by atoms with Gasteiger partial charge in [0.1, 0.15) is 5.75 Å². The van der Waals surface area contributed by atoms with Crippen LogP contribution < -0.4 is 10.1 Å². The fourth-order valence-corrected chi connectivity index (χ4v) is 2.64. The number of nitrogens with one attached hydrogen (secondary N) is 1. The van der Waals surface area contributed by atoms with Gasteiger partial charge in [-0.25, -0.2) is 0 Å². The van der Waals surface area contributed by atoms with Gasteiger partial charge in [0.05, 0.1) is 19.3 Å². The van der Waals surface area contributed by atoms with Gasteiger partial charge >= 0.3 is 0 Å². The van der Waals surface area contributed by atoms with Crippen molar-refractivity contribution in [1.82, 2.24) is 5.32 Å². The van der Waals surface area contributed by atoms with E-state index in [1.54, 1.807) is 7.11 Å². The molecule has 0 aromatic heterocycles. The number of ether oxygens (including phenoxy) is 1. The van der Waals surface area contributed by atoms with Crippen LogP contribution in [0.4, 0.5) is 0 Å². The molecule has 2 unspecified atom stereocenters. The Hall–Kier alpha value is -1.55. The average molecular weight is 293 g/mol. The van der Waals surface area contributed by atoms with E-state index in [0.29, 0.717) is 12.8 Å². The van der Waals surface area contributed by atoms with Gasteiger partial charge in [0.25, 0.3) is 0 Å². The van der Waals surface area contributed by atoms with Crippen molar-refractivity contribution in [2.75, 3.05) is 13.7 Å². The number of aliphatic hydroxyl groups excluding tert-OH is 1. The van der Waals surface area contributed by atoms with Crippen LogP contribution in [0.1, 0.15) is 39.2 Å². The number of hydrogen-bond donors (Lipinski definition) is 2. The second-order valence-corrected chi connectivity index (χ2v) is 5.23. The number of carbonyl (C=O) groups excluding carboxylic acids is 1. The summed E-state index contributed by atoms with van der Waals surface area (Å²) in [5, 5.41) is 12.4. The number of methoxy groups -OCH3 is 1. The van der Waals surface area contributed by atoms with Crippen molar-refractivity contribution in [3.05, 3.63) is 29.8 Å². The van der Waals surface area contributed by atoms with E-state index in [1.807, 2.05) is 45.0 Å². The molecule has 1 aromatic rings. The maximum atomic E-state index is 12.0. The molecule has 4 heteroatoms.